The molecule has 3 heteroatoms. The molecule has 3 rings (SSSR count). The van der Waals surface area contributed by atoms with Crippen molar-refractivity contribution in [1.29, 1.82) is 0 Å². The number of Topliss-reactive ketones (excluding diaryl/α,β-unsaturated/α-hetero) is 1. The molecule has 120 valence electrons. The van der Waals surface area contributed by atoms with Gasteiger partial charge in [0, 0.05) is 26.1 Å². The number of ketones is 1. The second-order valence-electron chi connectivity index (χ2n) is 6.58. The highest BCUT2D eigenvalue weighted by Gasteiger charge is 2.34. The monoisotopic (exact) mass is 309 g/mol. The van der Waals surface area contributed by atoms with E-state index in [1.165, 1.54) is 18.4 Å². The third-order valence-electron chi connectivity index (χ3n) is 4.71. The van der Waals surface area contributed by atoms with Gasteiger partial charge in [-0.15, -0.1) is 0 Å². The van der Waals surface area contributed by atoms with Crippen LogP contribution in [0.5, 0.6) is 0 Å². The van der Waals surface area contributed by atoms with Gasteiger partial charge in [0.2, 0.25) is 5.91 Å². The predicted octanol–water partition coefficient (Wildman–Crippen LogP) is 3.86. The molecule has 0 bridgehead atoms. The van der Waals surface area contributed by atoms with Gasteiger partial charge in [0.05, 0.1) is 5.92 Å². The minimum absolute atomic E-state index is 0.00973. The molecule has 0 spiro atoms. The molecule has 0 N–H and O–H groups in total. The number of carbonyl (C=O) groups excluding carboxylic acids is 2. The smallest absolute Gasteiger partial charge is 0.230 e. The predicted molar refractivity (Wildman–Crippen MR) is 92.1 cm³/mol. The van der Waals surface area contributed by atoms with Crippen LogP contribution in [-0.2, 0) is 4.79 Å². The minimum atomic E-state index is -0.366. The van der Waals surface area contributed by atoms with Crippen LogP contribution in [0.2, 0.25) is 0 Å². The third kappa shape index (κ3) is 3.14. The molecule has 0 saturated heterocycles. The molecular formula is C20H23NO2. The zero-order valence-corrected chi connectivity index (χ0v) is 13.8. The molecule has 3 nitrogen and oxygen atoms in total. The van der Waals surface area contributed by atoms with Gasteiger partial charge < -0.3 is 4.90 Å². The zero-order valence-electron chi connectivity index (χ0n) is 13.8. The van der Waals surface area contributed by atoms with E-state index in [2.05, 4.69) is 12.2 Å². The van der Waals surface area contributed by atoms with E-state index in [0.29, 0.717) is 0 Å². The molecule has 23 heavy (non-hydrogen) atoms. The summed E-state index contributed by atoms with van der Waals surface area (Å²) in [4.78, 5) is 26.7. The van der Waals surface area contributed by atoms with Crippen LogP contribution in [-0.4, -0.2) is 30.7 Å². The highest BCUT2D eigenvalue weighted by Crippen LogP contribution is 2.38. The maximum atomic E-state index is 12.6. The first-order valence-corrected chi connectivity index (χ1v) is 8.32. The Morgan fingerprint density at radius 3 is 2.57 bits per heavy atom. The Morgan fingerprint density at radius 1 is 1.17 bits per heavy atom. The first kappa shape index (κ1) is 15.7. The van der Waals surface area contributed by atoms with Crippen molar-refractivity contribution < 1.29 is 9.59 Å². The fraction of sp³-hybridized carbons (Fsp3) is 0.400. The van der Waals surface area contributed by atoms with Crippen LogP contribution < -0.4 is 0 Å². The van der Waals surface area contributed by atoms with Crippen LogP contribution in [0.1, 0.15) is 48.0 Å². The van der Waals surface area contributed by atoms with Gasteiger partial charge in [-0.1, -0.05) is 42.0 Å². The minimum Gasteiger partial charge on any atom is -0.348 e. The molecule has 1 aromatic carbocycles. The number of rotatable bonds is 2. The Bertz CT molecular complexity index is 697. The zero-order chi connectivity index (χ0) is 16.4. The van der Waals surface area contributed by atoms with Gasteiger partial charge in [-0.2, -0.15) is 0 Å². The van der Waals surface area contributed by atoms with Gasteiger partial charge in [-0.05, 0) is 36.8 Å². The lowest BCUT2D eigenvalue weighted by Crippen LogP contribution is -2.34. The summed E-state index contributed by atoms with van der Waals surface area (Å²) >= 11 is 0. The lowest BCUT2D eigenvalue weighted by atomic mass is 9.77. The van der Waals surface area contributed by atoms with Crippen LogP contribution in [0.25, 0.3) is 5.57 Å². The standard InChI is InChI=1S/C20H23NO2/c1-21(2)20(23)18-13-19(22)16-11-7-6-10-15(16)17(18)12-14-8-4-3-5-9-14/h6-8,10-12,18H,3-5,9,13H2,1-2H3/b17-12+/t18-/m0/s1. The van der Waals surface area contributed by atoms with Crippen LogP contribution in [0.4, 0.5) is 0 Å². The lowest BCUT2D eigenvalue weighted by molar-refractivity contribution is -0.131. The number of hydrogen-bond donors (Lipinski definition) is 0. The normalized spacial score (nSPS) is 22.5. The summed E-state index contributed by atoms with van der Waals surface area (Å²) in [6.45, 7) is 0. The molecule has 0 aliphatic heterocycles. The van der Waals surface area contributed by atoms with Crippen molar-refractivity contribution in [2.45, 2.75) is 32.1 Å². The van der Waals surface area contributed by atoms with E-state index in [9.17, 15) is 9.59 Å². The Balaban J connectivity index is 2.10. The quantitative estimate of drug-likeness (QED) is 0.832. The van der Waals surface area contributed by atoms with Gasteiger partial charge in [0.1, 0.15) is 0 Å². The van der Waals surface area contributed by atoms with E-state index >= 15 is 0 Å². The van der Waals surface area contributed by atoms with Crippen molar-refractivity contribution in [2.75, 3.05) is 14.1 Å². The van der Waals surface area contributed by atoms with Crippen molar-refractivity contribution in [3.63, 3.8) is 0 Å². The number of carbonyl (C=O) groups is 2. The van der Waals surface area contributed by atoms with Crippen molar-refractivity contribution in [3.05, 3.63) is 53.1 Å². The average Bonchev–Trinajstić information content (AvgIpc) is 2.57. The fourth-order valence-corrected chi connectivity index (χ4v) is 3.48. The van der Waals surface area contributed by atoms with Crippen molar-refractivity contribution >= 4 is 17.3 Å². The van der Waals surface area contributed by atoms with Crippen molar-refractivity contribution in [2.24, 2.45) is 5.92 Å². The molecule has 2 aliphatic rings. The molecule has 1 amide bonds. The third-order valence-corrected chi connectivity index (χ3v) is 4.71. The van der Waals surface area contributed by atoms with Crippen LogP contribution in [0.15, 0.2) is 42.0 Å². The molecule has 0 radical (unpaired) electrons. The van der Waals surface area contributed by atoms with E-state index in [0.717, 1.165) is 29.5 Å². The molecular weight excluding hydrogens is 286 g/mol. The number of benzene rings is 1. The molecule has 0 saturated carbocycles. The average molecular weight is 309 g/mol. The summed E-state index contributed by atoms with van der Waals surface area (Å²) in [6, 6.07) is 7.68. The SMILES string of the molecule is CN(C)C(=O)[C@H]1CC(=O)c2ccccc2/C1=C\C1=CCCCC1. The van der Waals surface area contributed by atoms with Gasteiger partial charge >= 0.3 is 0 Å². The highest BCUT2D eigenvalue weighted by molar-refractivity contribution is 6.10. The summed E-state index contributed by atoms with van der Waals surface area (Å²) in [7, 11) is 3.51. The van der Waals surface area contributed by atoms with Gasteiger partial charge in [-0.25, -0.2) is 0 Å². The number of hydrogen-bond acceptors (Lipinski definition) is 2. The molecule has 0 aromatic heterocycles. The number of fused-ring (bicyclic) bond motifs is 1. The van der Waals surface area contributed by atoms with Gasteiger partial charge in [-0.3, -0.25) is 9.59 Å². The molecule has 1 aromatic rings. The van der Waals surface area contributed by atoms with E-state index in [-0.39, 0.29) is 24.0 Å². The lowest BCUT2D eigenvalue weighted by Gasteiger charge is -2.29. The van der Waals surface area contributed by atoms with Crippen molar-refractivity contribution in [3.8, 4) is 0 Å². The summed E-state index contributed by atoms with van der Waals surface area (Å²) < 4.78 is 0. The van der Waals surface area contributed by atoms with E-state index in [1.54, 1.807) is 19.0 Å². The Morgan fingerprint density at radius 2 is 1.91 bits per heavy atom. The molecule has 0 fully saturated rings. The summed E-state index contributed by atoms with van der Waals surface area (Å²) in [6.07, 6.45) is 9.30. The van der Waals surface area contributed by atoms with Crippen LogP contribution in [0, 0.1) is 5.92 Å². The molecule has 1 atom stereocenters. The van der Waals surface area contributed by atoms with E-state index < -0.39 is 0 Å². The molecule has 0 unspecified atom stereocenters. The second-order valence-corrected chi connectivity index (χ2v) is 6.58. The van der Waals surface area contributed by atoms with Crippen molar-refractivity contribution in [1.82, 2.24) is 4.90 Å². The Kier molecular flexibility index (Phi) is 4.46. The molecule has 0 heterocycles. The largest absolute Gasteiger partial charge is 0.348 e. The fourth-order valence-electron chi connectivity index (χ4n) is 3.48. The van der Waals surface area contributed by atoms with E-state index in [1.807, 2.05) is 24.3 Å². The topological polar surface area (TPSA) is 37.4 Å². The van der Waals surface area contributed by atoms with Crippen LogP contribution >= 0.6 is 0 Å². The maximum absolute atomic E-state index is 12.6. The summed E-state index contributed by atoms with van der Waals surface area (Å²) in [5.41, 5.74) is 3.98. The molecule has 2 aliphatic carbocycles. The number of nitrogens with zero attached hydrogens (tertiary/aromatic N) is 1. The van der Waals surface area contributed by atoms with Gasteiger partial charge in [0.25, 0.3) is 0 Å². The first-order valence-electron chi connectivity index (χ1n) is 8.32. The van der Waals surface area contributed by atoms with E-state index in [4.69, 9.17) is 0 Å². The number of allylic oxidation sites excluding steroid dienone is 3. The Labute approximate surface area is 137 Å². The summed E-state index contributed by atoms with van der Waals surface area (Å²) in [5.74, 6) is -0.290. The summed E-state index contributed by atoms with van der Waals surface area (Å²) in [5, 5.41) is 0. The maximum Gasteiger partial charge on any atom is 0.230 e. The highest BCUT2D eigenvalue weighted by atomic mass is 16.2. The number of amides is 1. The van der Waals surface area contributed by atoms with Crippen LogP contribution in [0.3, 0.4) is 0 Å². The second kappa shape index (κ2) is 6.53. The van der Waals surface area contributed by atoms with Gasteiger partial charge in [0.15, 0.2) is 5.78 Å². The first-order chi connectivity index (χ1) is 11.1. The Hall–Kier alpha value is -2.16.